The van der Waals surface area contributed by atoms with E-state index in [4.69, 9.17) is 18.8 Å². The van der Waals surface area contributed by atoms with Crippen LogP contribution in [-0.4, -0.2) is 31.2 Å². The Hall–Kier alpha value is -2.26. The van der Waals surface area contributed by atoms with Gasteiger partial charge >= 0.3 is 16.4 Å². The van der Waals surface area contributed by atoms with Crippen molar-refractivity contribution in [3.8, 4) is 11.5 Å². The minimum Gasteiger partial charge on any atom is -0.493 e. The summed E-state index contributed by atoms with van der Waals surface area (Å²) in [6.07, 6.45) is 0. The number of ether oxygens (including phenoxy) is 1. The van der Waals surface area contributed by atoms with E-state index in [1.165, 1.54) is 20.1 Å². The quantitative estimate of drug-likeness (QED) is 0.817. The Balaban J connectivity index is 2.72. The maximum Gasteiger partial charge on any atom is 0.446 e. The Kier molecular flexibility index (Phi) is 3.32. The molecule has 20 heavy (non-hydrogen) atoms. The Morgan fingerprint density at radius 1 is 1.30 bits per heavy atom. The summed E-state index contributed by atoms with van der Waals surface area (Å²) < 4.78 is 44.6. The van der Waals surface area contributed by atoms with Gasteiger partial charge in [-0.3, -0.25) is 4.55 Å². The Labute approximate surface area is 113 Å². The van der Waals surface area contributed by atoms with E-state index in [1.54, 1.807) is 0 Å². The summed E-state index contributed by atoms with van der Waals surface area (Å²) in [5.41, 5.74) is 0.0380. The molecule has 0 saturated heterocycles. The standard InChI is InChI=1S/C11H10O8S/c1-5-10(11(12)13)6-3-8(17-2)9(4-7(6)18-5)19-20(14,15)16/h3-4H,1-2H3,(H,12,13)(H,14,15,16). The summed E-state index contributed by atoms with van der Waals surface area (Å²) in [6, 6.07) is 2.39. The van der Waals surface area contributed by atoms with Gasteiger partial charge in [0.2, 0.25) is 0 Å². The first-order chi connectivity index (χ1) is 9.23. The Morgan fingerprint density at radius 3 is 2.45 bits per heavy atom. The van der Waals surface area contributed by atoms with E-state index in [9.17, 15) is 13.2 Å². The topological polar surface area (TPSA) is 123 Å². The van der Waals surface area contributed by atoms with Crippen LogP contribution in [0.5, 0.6) is 11.5 Å². The van der Waals surface area contributed by atoms with Crippen molar-refractivity contribution < 1.29 is 36.2 Å². The van der Waals surface area contributed by atoms with Crippen LogP contribution in [0.15, 0.2) is 16.5 Å². The second kappa shape index (κ2) is 4.69. The fourth-order valence-corrected chi connectivity index (χ4v) is 2.19. The number of aromatic carboxylic acids is 1. The van der Waals surface area contributed by atoms with E-state index in [2.05, 4.69) is 4.18 Å². The molecule has 0 saturated carbocycles. The van der Waals surface area contributed by atoms with Crippen LogP contribution >= 0.6 is 0 Å². The molecular weight excluding hydrogens is 292 g/mol. The van der Waals surface area contributed by atoms with Gasteiger partial charge in [-0.1, -0.05) is 0 Å². The van der Waals surface area contributed by atoms with Crippen LogP contribution in [0.4, 0.5) is 0 Å². The zero-order valence-corrected chi connectivity index (χ0v) is 11.2. The molecule has 0 spiro atoms. The summed E-state index contributed by atoms with van der Waals surface area (Å²) in [5.74, 6) is -1.41. The van der Waals surface area contributed by atoms with Crippen LogP contribution in [-0.2, 0) is 10.4 Å². The molecule has 1 heterocycles. The lowest BCUT2D eigenvalue weighted by atomic mass is 10.1. The van der Waals surface area contributed by atoms with Gasteiger partial charge in [-0.05, 0) is 13.0 Å². The molecule has 0 radical (unpaired) electrons. The zero-order chi connectivity index (χ0) is 15.1. The lowest BCUT2D eigenvalue weighted by Crippen LogP contribution is -2.07. The molecule has 2 N–H and O–H groups in total. The fourth-order valence-electron chi connectivity index (χ4n) is 1.83. The molecule has 108 valence electrons. The van der Waals surface area contributed by atoms with E-state index in [0.29, 0.717) is 0 Å². The molecule has 0 fully saturated rings. The number of carbonyl (C=O) groups is 1. The first-order valence-corrected chi connectivity index (χ1v) is 6.60. The van der Waals surface area contributed by atoms with Gasteiger partial charge in [0, 0.05) is 11.5 Å². The molecule has 1 aromatic heterocycles. The van der Waals surface area contributed by atoms with Crippen LogP contribution in [0, 0.1) is 6.92 Å². The van der Waals surface area contributed by atoms with E-state index in [1.807, 2.05) is 0 Å². The highest BCUT2D eigenvalue weighted by Gasteiger charge is 2.22. The third kappa shape index (κ3) is 2.53. The number of aryl methyl sites for hydroxylation is 1. The zero-order valence-electron chi connectivity index (χ0n) is 10.4. The molecule has 0 aliphatic carbocycles. The first-order valence-electron chi connectivity index (χ1n) is 5.24. The molecule has 1 aromatic carbocycles. The van der Waals surface area contributed by atoms with Crippen molar-refractivity contribution in [3.63, 3.8) is 0 Å². The van der Waals surface area contributed by atoms with Crippen molar-refractivity contribution in [3.05, 3.63) is 23.5 Å². The molecule has 0 amide bonds. The summed E-state index contributed by atoms with van der Waals surface area (Å²) in [7, 11) is -3.49. The molecule has 0 unspecified atom stereocenters. The van der Waals surface area contributed by atoms with Crippen LogP contribution in [0.3, 0.4) is 0 Å². The van der Waals surface area contributed by atoms with Crippen LogP contribution in [0.1, 0.15) is 16.1 Å². The van der Waals surface area contributed by atoms with Gasteiger partial charge in [0.15, 0.2) is 11.5 Å². The van der Waals surface area contributed by atoms with Crippen LogP contribution < -0.4 is 8.92 Å². The van der Waals surface area contributed by atoms with Gasteiger partial charge in [0.1, 0.15) is 16.9 Å². The average Bonchev–Trinajstić information content (AvgIpc) is 2.60. The predicted octanol–water partition coefficient (Wildman–Crippen LogP) is 1.63. The lowest BCUT2D eigenvalue weighted by Gasteiger charge is -2.07. The first kappa shape index (κ1) is 14.2. The number of hydrogen-bond donors (Lipinski definition) is 2. The third-order valence-electron chi connectivity index (χ3n) is 2.56. The van der Waals surface area contributed by atoms with Crippen LogP contribution in [0.2, 0.25) is 0 Å². The number of methoxy groups -OCH3 is 1. The summed E-state index contributed by atoms with van der Waals surface area (Å²) in [4.78, 5) is 11.1. The van der Waals surface area contributed by atoms with Crippen LogP contribution in [0.25, 0.3) is 11.0 Å². The molecule has 8 nitrogen and oxygen atoms in total. The SMILES string of the molecule is COc1cc2c(C(=O)O)c(C)oc2cc1OS(=O)(=O)O. The molecule has 2 rings (SSSR count). The molecule has 0 bridgehead atoms. The van der Waals surface area contributed by atoms with Crippen molar-refractivity contribution in [2.75, 3.05) is 7.11 Å². The van der Waals surface area contributed by atoms with Crippen molar-refractivity contribution in [1.29, 1.82) is 0 Å². The van der Waals surface area contributed by atoms with E-state index in [0.717, 1.165) is 6.07 Å². The van der Waals surface area contributed by atoms with Crippen molar-refractivity contribution in [2.45, 2.75) is 6.92 Å². The van der Waals surface area contributed by atoms with E-state index in [-0.39, 0.29) is 33.8 Å². The molecule has 0 aliphatic heterocycles. The fraction of sp³-hybridized carbons (Fsp3) is 0.182. The van der Waals surface area contributed by atoms with Gasteiger partial charge in [0.25, 0.3) is 0 Å². The molecule has 0 aliphatic rings. The van der Waals surface area contributed by atoms with Crippen molar-refractivity contribution in [1.82, 2.24) is 0 Å². The number of rotatable bonds is 4. The highest BCUT2D eigenvalue weighted by molar-refractivity contribution is 7.81. The predicted molar refractivity (Wildman–Crippen MR) is 66.6 cm³/mol. The highest BCUT2D eigenvalue weighted by atomic mass is 32.3. The molecule has 2 aromatic rings. The summed E-state index contributed by atoms with van der Waals surface area (Å²) >= 11 is 0. The maximum atomic E-state index is 11.1. The smallest absolute Gasteiger partial charge is 0.446 e. The van der Waals surface area contributed by atoms with Crippen molar-refractivity contribution in [2.24, 2.45) is 0 Å². The number of hydrogen-bond acceptors (Lipinski definition) is 6. The summed E-state index contributed by atoms with van der Waals surface area (Å²) in [6.45, 7) is 1.46. The highest BCUT2D eigenvalue weighted by Crippen LogP contribution is 2.36. The average molecular weight is 302 g/mol. The second-order valence-electron chi connectivity index (χ2n) is 3.85. The molecule has 9 heteroatoms. The Morgan fingerprint density at radius 2 is 1.95 bits per heavy atom. The Bertz CT molecular complexity index is 786. The summed E-state index contributed by atoms with van der Waals surface area (Å²) in [5, 5.41) is 9.34. The van der Waals surface area contributed by atoms with Gasteiger partial charge in [-0.25, -0.2) is 4.79 Å². The largest absolute Gasteiger partial charge is 0.493 e. The van der Waals surface area contributed by atoms with E-state index >= 15 is 0 Å². The van der Waals surface area contributed by atoms with Crippen molar-refractivity contribution >= 4 is 27.3 Å². The minimum absolute atomic E-state index is 0.0570. The third-order valence-corrected chi connectivity index (χ3v) is 2.95. The normalized spacial score (nSPS) is 11.6. The number of furan rings is 1. The number of carboxylic acids is 1. The monoisotopic (exact) mass is 302 g/mol. The number of carboxylic acid groups (broad SMARTS) is 1. The number of benzene rings is 1. The minimum atomic E-state index is -4.74. The maximum absolute atomic E-state index is 11.1. The second-order valence-corrected chi connectivity index (χ2v) is 4.87. The van der Waals surface area contributed by atoms with Gasteiger partial charge < -0.3 is 18.4 Å². The number of fused-ring (bicyclic) bond motifs is 1. The van der Waals surface area contributed by atoms with Gasteiger partial charge in [0.05, 0.1) is 7.11 Å². The van der Waals surface area contributed by atoms with Gasteiger partial charge in [-0.15, -0.1) is 0 Å². The molecule has 0 atom stereocenters. The lowest BCUT2D eigenvalue weighted by molar-refractivity contribution is 0.0697. The van der Waals surface area contributed by atoms with Gasteiger partial charge in [-0.2, -0.15) is 8.42 Å². The molecular formula is C11H10O8S. The van der Waals surface area contributed by atoms with E-state index < -0.39 is 16.4 Å².